The molecule has 0 aliphatic carbocycles. The number of sulfonamides is 1. The minimum Gasteiger partial charge on any atom is -0.360 e. The van der Waals surface area contributed by atoms with Crippen molar-refractivity contribution in [2.45, 2.75) is 25.3 Å². The largest absolute Gasteiger partial charge is 0.360 e. The van der Waals surface area contributed by atoms with Gasteiger partial charge in [0.05, 0.1) is 6.54 Å². The minimum absolute atomic E-state index is 0.111. The van der Waals surface area contributed by atoms with Gasteiger partial charge in [-0.05, 0) is 37.6 Å². The Balaban J connectivity index is 1.37. The molecular weight excluding hydrogens is 420 g/mol. The van der Waals surface area contributed by atoms with E-state index in [1.165, 1.54) is 4.31 Å². The molecule has 164 valence electrons. The van der Waals surface area contributed by atoms with Crippen LogP contribution in [0.25, 0.3) is 0 Å². The second kappa shape index (κ2) is 8.52. The first-order chi connectivity index (χ1) is 14.8. The lowest BCUT2D eigenvalue weighted by Gasteiger charge is -2.33. The van der Waals surface area contributed by atoms with Crippen LogP contribution >= 0.6 is 0 Å². The van der Waals surface area contributed by atoms with Gasteiger partial charge in [-0.3, -0.25) is 4.68 Å². The first-order valence-corrected chi connectivity index (χ1v) is 11.3. The molecule has 1 fully saturated rings. The van der Waals surface area contributed by atoms with Crippen LogP contribution in [0.4, 0.5) is 10.5 Å². The number of amides is 2. The fourth-order valence-corrected chi connectivity index (χ4v) is 5.35. The van der Waals surface area contributed by atoms with Crippen LogP contribution in [0.2, 0.25) is 0 Å². The molecule has 1 saturated heterocycles. The summed E-state index contributed by atoms with van der Waals surface area (Å²) in [5.74, 6) is 0.271. The number of urea groups is 1. The van der Waals surface area contributed by atoms with Crippen LogP contribution < -0.4 is 5.32 Å². The van der Waals surface area contributed by atoms with Crippen molar-refractivity contribution in [3.63, 3.8) is 0 Å². The summed E-state index contributed by atoms with van der Waals surface area (Å²) in [4.78, 5) is 14.4. The zero-order valence-corrected chi connectivity index (χ0v) is 18.2. The molecule has 2 aromatic heterocycles. The van der Waals surface area contributed by atoms with Crippen LogP contribution in [0.3, 0.4) is 0 Å². The zero-order valence-electron chi connectivity index (χ0n) is 17.4. The Morgan fingerprint density at radius 3 is 2.58 bits per heavy atom. The molecule has 3 aromatic rings. The molecule has 1 aliphatic rings. The standard InChI is InChI=1S/C20H24N6O4S/c1-15-19(16(2)30-23-15)31(28,29)26-11-9-24(10-12-26)20(27)22-18-6-3-5-17(13-18)14-25-8-4-7-21-25/h3-8,13H,9-12,14H2,1-2H3,(H,22,27). The fraction of sp³-hybridized carbons (Fsp3) is 0.350. The van der Waals surface area contributed by atoms with Crippen molar-refractivity contribution < 1.29 is 17.7 Å². The molecule has 0 radical (unpaired) electrons. The van der Waals surface area contributed by atoms with Gasteiger partial charge in [-0.2, -0.15) is 9.40 Å². The number of hydrogen-bond donors (Lipinski definition) is 1. The van der Waals surface area contributed by atoms with Gasteiger partial charge in [-0.1, -0.05) is 17.3 Å². The molecule has 0 atom stereocenters. The predicted octanol–water partition coefficient (Wildman–Crippen LogP) is 2.07. The van der Waals surface area contributed by atoms with Crippen LogP contribution in [-0.4, -0.2) is 64.8 Å². The van der Waals surface area contributed by atoms with Gasteiger partial charge >= 0.3 is 6.03 Å². The van der Waals surface area contributed by atoms with E-state index in [1.807, 2.05) is 36.5 Å². The number of benzene rings is 1. The number of aryl methyl sites for hydroxylation is 2. The van der Waals surface area contributed by atoms with Crippen molar-refractivity contribution in [2.24, 2.45) is 0 Å². The maximum atomic E-state index is 12.9. The number of nitrogens with one attached hydrogen (secondary N) is 1. The highest BCUT2D eigenvalue weighted by atomic mass is 32.2. The van der Waals surface area contributed by atoms with E-state index in [9.17, 15) is 13.2 Å². The number of carbonyl (C=O) groups is 1. The Morgan fingerprint density at radius 1 is 1.16 bits per heavy atom. The molecule has 0 saturated carbocycles. The number of nitrogens with zero attached hydrogens (tertiary/aromatic N) is 5. The third-order valence-corrected chi connectivity index (χ3v) is 7.32. The predicted molar refractivity (Wildman–Crippen MR) is 113 cm³/mol. The monoisotopic (exact) mass is 444 g/mol. The molecule has 11 heteroatoms. The molecule has 1 aliphatic heterocycles. The lowest BCUT2D eigenvalue weighted by Crippen LogP contribution is -2.51. The van der Waals surface area contributed by atoms with Gasteiger partial charge in [0.2, 0.25) is 10.0 Å². The van der Waals surface area contributed by atoms with E-state index < -0.39 is 10.0 Å². The third-order valence-electron chi connectivity index (χ3n) is 5.17. The molecular formula is C20H24N6O4S. The lowest BCUT2D eigenvalue weighted by atomic mass is 10.2. The average molecular weight is 445 g/mol. The molecule has 2 amide bonds. The molecule has 0 unspecified atom stereocenters. The highest BCUT2D eigenvalue weighted by Gasteiger charge is 2.34. The fourth-order valence-electron chi connectivity index (χ4n) is 3.63. The van der Waals surface area contributed by atoms with Gasteiger partial charge < -0.3 is 14.7 Å². The summed E-state index contributed by atoms with van der Waals surface area (Å²) < 4.78 is 34.0. The van der Waals surface area contributed by atoms with E-state index >= 15 is 0 Å². The number of anilines is 1. The van der Waals surface area contributed by atoms with Crippen LogP contribution in [0.15, 0.2) is 52.1 Å². The lowest BCUT2D eigenvalue weighted by molar-refractivity contribution is 0.184. The molecule has 4 rings (SSSR count). The second-order valence-electron chi connectivity index (χ2n) is 7.38. The number of carbonyl (C=O) groups excluding carboxylic acids is 1. The number of aromatic nitrogens is 3. The molecule has 31 heavy (non-hydrogen) atoms. The summed E-state index contributed by atoms with van der Waals surface area (Å²) in [6, 6.07) is 9.17. The molecule has 0 bridgehead atoms. The first-order valence-electron chi connectivity index (χ1n) is 9.90. The van der Waals surface area contributed by atoms with E-state index in [-0.39, 0.29) is 29.8 Å². The topological polar surface area (TPSA) is 114 Å². The SMILES string of the molecule is Cc1noc(C)c1S(=O)(=O)N1CCN(C(=O)Nc2cccc(Cn3cccn3)c2)CC1. The van der Waals surface area contributed by atoms with Gasteiger partial charge in [0.25, 0.3) is 0 Å². The Morgan fingerprint density at radius 2 is 1.94 bits per heavy atom. The molecule has 1 N–H and O–H groups in total. The Kier molecular flexibility index (Phi) is 5.79. The number of piperazine rings is 1. The van der Waals surface area contributed by atoms with Gasteiger partial charge in [-0.15, -0.1) is 0 Å². The van der Waals surface area contributed by atoms with Crippen LogP contribution in [0, 0.1) is 13.8 Å². The van der Waals surface area contributed by atoms with Crippen molar-refractivity contribution >= 4 is 21.7 Å². The summed E-state index contributed by atoms with van der Waals surface area (Å²) in [5, 5.41) is 10.8. The molecule has 0 spiro atoms. The average Bonchev–Trinajstić information content (AvgIpc) is 3.37. The Hall–Kier alpha value is -3.18. The van der Waals surface area contributed by atoms with Gasteiger partial charge in [0.1, 0.15) is 10.6 Å². The summed E-state index contributed by atoms with van der Waals surface area (Å²) >= 11 is 0. The summed E-state index contributed by atoms with van der Waals surface area (Å²) in [6.07, 6.45) is 3.60. The quantitative estimate of drug-likeness (QED) is 0.645. The highest BCUT2D eigenvalue weighted by molar-refractivity contribution is 7.89. The number of rotatable bonds is 5. The van der Waals surface area contributed by atoms with Crippen LogP contribution in [0.1, 0.15) is 17.0 Å². The van der Waals surface area contributed by atoms with Crippen LogP contribution in [-0.2, 0) is 16.6 Å². The van der Waals surface area contributed by atoms with Crippen molar-refractivity contribution in [3.05, 3.63) is 59.7 Å². The molecule has 10 nitrogen and oxygen atoms in total. The first kappa shape index (κ1) is 21.1. The maximum absolute atomic E-state index is 12.9. The number of hydrogen-bond acceptors (Lipinski definition) is 6. The van der Waals surface area contributed by atoms with Crippen molar-refractivity contribution in [1.29, 1.82) is 0 Å². The molecule has 3 heterocycles. The van der Waals surface area contributed by atoms with E-state index in [2.05, 4.69) is 15.6 Å². The normalized spacial score (nSPS) is 15.2. The van der Waals surface area contributed by atoms with Crippen LogP contribution in [0.5, 0.6) is 0 Å². The van der Waals surface area contributed by atoms with Crippen molar-refractivity contribution in [3.8, 4) is 0 Å². The maximum Gasteiger partial charge on any atom is 0.321 e. The van der Waals surface area contributed by atoms with E-state index in [4.69, 9.17) is 4.52 Å². The van der Waals surface area contributed by atoms with Gasteiger partial charge in [0, 0.05) is 44.3 Å². The van der Waals surface area contributed by atoms with E-state index in [0.29, 0.717) is 31.0 Å². The Labute approximate surface area is 180 Å². The summed E-state index contributed by atoms with van der Waals surface area (Å²) in [5.41, 5.74) is 2.03. The molecule has 1 aromatic carbocycles. The Bertz CT molecular complexity index is 1140. The summed E-state index contributed by atoms with van der Waals surface area (Å²) in [6.45, 7) is 4.79. The van der Waals surface area contributed by atoms with E-state index in [0.717, 1.165) is 5.56 Å². The minimum atomic E-state index is -3.71. The van der Waals surface area contributed by atoms with Gasteiger partial charge in [-0.25, -0.2) is 13.2 Å². The van der Waals surface area contributed by atoms with E-state index in [1.54, 1.807) is 29.6 Å². The van der Waals surface area contributed by atoms with Crippen molar-refractivity contribution in [2.75, 3.05) is 31.5 Å². The summed E-state index contributed by atoms with van der Waals surface area (Å²) in [7, 11) is -3.71. The third kappa shape index (κ3) is 4.47. The second-order valence-corrected chi connectivity index (χ2v) is 9.25. The highest BCUT2D eigenvalue weighted by Crippen LogP contribution is 2.24. The smallest absolute Gasteiger partial charge is 0.321 e. The van der Waals surface area contributed by atoms with Crippen molar-refractivity contribution in [1.82, 2.24) is 24.1 Å². The van der Waals surface area contributed by atoms with Gasteiger partial charge in [0.15, 0.2) is 5.76 Å². The zero-order chi connectivity index (χ0) is 22.0.